The molecule has 2 amide bonds. The van der Waals surface area contributed by atoms with E-state index in [-0.39, 0.29) is 17.7 Å². The second kappa shape index (κ2) is 9.15. The van der Waals surface area contributed by atoms with Gasteiger partial charge in [-0.15, -0.1) is 11.8 Å². The van der Waals surface area contributed by atoms with Gasteiger partial charge in [-0.3, -0.25) is 14.4 Å². The molecule has 0 saturated heterocycles. The zero-order chi connectivity index (χ0) is 18.4. The van der Waals surface area contributed by atoms with Gasteiger partial charge in [-0.05, 0) is 24.0 Å². The highest BCUT2D eigenvalue weighted by Gasteiger charge is 2.38. The Labute approximate surface area is 143 Å². The summed E-state index contributed by atoms with van der Waals surface area (Å²) in [5.41, 5.74) is -0.476. The topological polar surface area (TPSA) is 95.5 Å². The van der Waals surface area contributed by atoms with Gasteiger partial charge in [0.1, 0.15) is 11.3 Å². The highest BCUT2D eigenvalue weighted by molar-refractivity contribution is 7.99. The summed E-state index contributed by atoms with van der Waals surface area (Å²) in [5, 5.41) is 13.8. The minimum atomic E-state index is -1.01. The van der Waals surface area contributed by atoms with Gasteiger partial charge in [-0.25, -0.2) is 0 Å². The highest BCUT2D eigenvalue weighted by Crippen LogP contribution is 2.26. The van der Waals surface area contributed by atoms with Gasteiger partial charge in [0.2, 0.25) is 11.8 Å². The molecule has 0 aromatic rings. The molecule has 0 saturated carbocycles. The molecule has 0 aliphatic heterocycles. The summed E-state index contributed by atoms with van der Waals surface area (Å²) < 4.78 is 0. The van der Waals surface area contributed by atoms with Crippen molar-refractivity contribution in [3.05, 3.63) is 0 Å². The molecule has 0 spiro atoms. The van der Waals surface area contributed by atoms with E-state index in [0.717, 1.165) is 11.8 Å². The van der Waals surface area contributed by atoms with Gasteiger partial charge in [0.25, 0.3) is 0 Å². The van der Waals surface area contributed by atoms with Crippen molar-refractivity contribution in [2.24, 2.45) is 17.3 Å². The van der Waals surface area contributed by atoms with Crippen LogP contribution in [0, 0.1) is 17.3 Å². The molecule has 0 aromatic carbocycles. The van der Waals surface area contributed by atoms with E-state index in [1.807, 2.05) is 34.6 Å². The van der Waals surface area contributed by atoms with Gasteiger partial charge in [-0.1, -0.05) is 34.6 Å². The van der Waals surface area contributed by atoms with Gasteiger partial charge in [0.05, 0.1) is 5.92 Å². The molecule has 7 heteroatoms. The van der Waals surface area contributed by atoms with E-state index < -0.39 is 28.6 Å². The number of aliphatic carboxylic acids is 1. The standard InChI is InChI=1S/C16H30N2O4S/c1-9(2)8-10(11(23-7)15(21)22)13(19)18-12(14(20)17-6)16(3,4)5/h9-12H,8H2,1-7H3,(H,17,20)(H,18,19)(H,21,22)/t10-,11+,12+/m0/s1. The van der Waals surface area contributed by atoms with Crippen molar-refractivity contribution in [1.29, 1.82) is 0 Å². The molecule has 0 rings (SSSR count). The van der Waals surface area contributed by atoms with E-state index in [2.05, 4.69) is 10.6 Å². The largest absolute Gasteiger partial charge is 0.480 e. The highest BCUT2D eigenvalue weighted by atomic mass is 32.2. The maximum Gasteiger partial charge on any atom is 0.317 e. The molecule has 0 aromatic heterocycles. The number of likely N-dealkylation sites (N-methyl/N-ethyl adjacent to an activating group) is 1. The van der Waals surface area contributed by atoms with E-state index in [4.69, 9.17) is 0 Å². The predicted octanol–water partition coefficient (Wildman–Crippen LogP) is 1.74. The molecular formula is C16H30N2O4S. The number of carbonyl (C=O) groups excluding carboxylic acids is 2. The normalized spacial score (nSPS) is 15.7. The number of thioether (sulfide) groups is 1. The van der Waals surface area contributed by atoms with E-state index in [0.29, 0.717) is 6.42 Å². The zero-order valence-electron chi connectivity index (χ0n) is 15.1. The first-order valence-electron chi connectivity index (χ1n) is 7.73. The first-order chi connectivity index (χ1) is 10.4. The van der Waals surface area contributed by atoms with Crippen LogP contribution >= 0.6 is 11.8 Å². The average molecular weight is 346 g/mol. The van der Waals surface area contributed by atoms with Crippen molar-refractivity contribution >= 4 is 29.5 Å². The first-order valence-corrected chi connectivity index (χ1v) is 9.02. The van der Waals surface area contributed by atoms with Crippen LogP contribution in [-0.4, -0.2) is 47.5 Å². The average Bonchev–Trinajstić information content (AvgIpc) is 2.41. The SMILES string of the molecule is CNC(=O)[C@@H](NC(=O)[C@@H](CC(C)C)[C@@H](SC)C(=O)O)C(C)(C)C. The van der Waals surface area contributed by atoms with Crippen molar-refractivity contribution in [3.63, 3.8) is 0 Å². The summed E-state index contributed by atoms with van der Waals surface area (Å²) in [7, 11) is 1.51. The Bertz CT molecular complexity index is 432. The third kappa shape index (κ3) is 6.81. The number of hydrogen-bond acceptors (Lipinski definition) is 4. The maximum absolute atomic E-state index is 12.7. The number of hydrogen-bond donors (Lipinski definition) is 3. The zero-order valence-corrected chi connectivity index (χ0v) is 15.9. The van der Waals surface area contributed by atoms with Crippen LogP contribution in [0.3, 0.4) is 0 Å². The van der Waals surface area contributed by atoms with E-state index in [1.54, 1.807) is 6.26 Å². The number of carbonyl (C=O) groups is 3. The molecule has 6 nitrogen and oxygen atoms in total. The fraction of sp³-hybridized carbons (Fsp3) is 0.812. The fourth-order valence-electron chi connectivity index (χ4n) is 2.38. The lowest BCUT2D eigenvalue weighted by Crippen LogP contribution is -2.55. The Morgan fingerprint density at radius 3 is 1.96 bits per heavy atom. The number of carboxylic acids is 1. The molecule has 0 heterocycles. The van der Waals surface area contributed by atoms with E-state index >= 15 is 0 Å². The van der Waals surface area contributed by atoms with Crippen LogP contribution in [0.4, 0.5) is 0 Å². The third-order valence-electron chi connectivity index (χ3n) is 3.59. The van der Waals surface area contributed by atoms with Crippen LogP contribution in [0.2, 0.25) is 0 Å². The first kappa shape index (κ1) is 21.8. The van der Waals surface area contributed by atoms with Gasteiger partial charge in [0, 0.05) is 7.05 Å². The van der Waals surface area contributed by atoms with Crippen LogP contribution in [0.25, 0.3) is 0 Å². The Hall–Kier alpha value is -1.24. The predicted molar refractivity (Wildman–Crippen MR) is 93.3 cm³/mol. The second-order valence-electron chi connectivity index (χ2n) is 7.15. The molecule has 3 atom stereocenters. The van der Waals surface area contributed by atoms with Gasteiger partial charge >= 0.3 is 5.97 Å². The quantitative estimate of drug-likeness (QED) is 0.622. The molecule has 0 radical (unpaired) electrons. The smallest absolute Gasteiger partial charge is 0.317 e. The van der Waals surface area contributed by atoms with Crippen molar-refractivity contribution in [1.82, 2.24) is 10.6 Å². The molecule has 0 aliphatic carbocycles. The third-order valence-corrected chi connectivity index (χ3v) is 4.62. The lowest BCUT2D eigenvalue weighted by Gasteiger charge is -2.32. The molecular weight excluding hydrogens is 316 g/mol. The van der Waals surface area contributed by atoms with Crippen LogP contribution in [0.15, 0.2) is 0 Å². The number of rotatable bonds is 8. The Morgan fingerprint density at radius 1 is 1.13 bits per heavy atom. The molecule has 0 fully saturated rings. The van der Waals surface area contributed by atoms with E-state index in [9.17, 15) is 19.5 Å². The molecule has 3 N–H and O–H groups in total. The summed E-state index contributed by atoms with van der Waals surface area (Å²) in [5.74, 6) is -2.19. The Kier molecular flexibility index (Phi) is 8.66. The van der Waals surface area contributed by atoms with Crippen molar-refractivity contribution in [3.8, 4) is 0 Å². The monoisotopic (exact) mass is 346 g/mol. The summed E-state index contributed by atoms with van der Waals surface area (Å²) in [6.45, 7) is 9.45. The number of carboxylic acid groups (broad SMARTS) is 1. The van der Waals surface area contributed by atoms with Crippen LogP contribution in [0.5, 0.6) is 0 Å². The molecule has 0 bridgehead atoms. The van der Waals surface area contributed by atoms with Gasteiger partial charge in [0.15, 0.2) is 0 Å². The Balaban J connectivity index is 5.42. The lowest BCUT2D eigenvalue weighted by atomic mass is 9.85. The van der Waals surface area contributed by atoms with Crippen molar-refractivity contribution < 1.29 is 19.5 Å². The summed E-state index contributed by atoms with van der Waals surface area (Å²) >= 11 is 1.14. The van der Waals surface area contributed by atoms with Crippen molar-refractivity contribution in [2.45, 2.75) is 52.3 Å². The minimum Gasteiger partial charge on any atom is -0.480 e. The fourth-order valence-corrected chi connectivity index (χ4v) is 3.15. The lowest BCUT2D eigenvalue weighted by molar-refractivity contribution is -0.141. The van der Waals surface area contributed by atoms with Crippen molar-refractivity contribution in [2.75, 3.05) is 13.3 Å². The van der Waals surface area contributed by atoms with Crippen LogP contribution < -0.4 is 10.6 Å². The van der Waals surface area contributed by atoms with E-state index in [1.165, 1.54) is 7.05 Å². The second-order valence-corrected chi connectivity index (χ2v) is 8.13. The van der Waals surface area contributed by atoms with Gasteiger partial charge in [-0.2, -0.15) is 0 Å². The maximum atomic E-state index is 12.7. The minimum absolute atomic E-state index is 0.174. The molecule has 134 valence electrons. The number of nitrogens with one attached hydrogen (secondary N) is 2. The summed E-state index contributed by atoms with van der Waals surface area (Å²) in [6, 6.07) is -0.717. The molecule has 0 unspecified atom stereocenters. The summed E-state index contributed by atoms with van der Waals surface area (Å²) in [6.07, 6.45) is 2.13. The number of amides is 2. The Morgan fingerprint density at radius 2 is 1.65 bits per heavy atom. The summed E-state index contributed by atoms with van der Waals surface area (Å²) in [4.78, 5) is 36.2. The van der Waals surface area contributed by atoms with Gasteiger partial charge < -0.3 is 15.7 Å². The van der Waals surface area contributed by atoms with Crippen LogP contribution in [-0.2, 0) is 14.4 Å². The molecule has 23 heavy (non-hydrogen) atoms. The molecule has 0 aliphatic rings. The van der Waals surface area contributed by atoms with Crippen LogP contribution in [0.1, 0.15) is 41.0 Å².